The molecular weight excluding hydrogens is 418 g/mol. The molecule has 1 atom stereocenters. The maximum atomic E-state index is 13.4. The van der Waals surface area contributed by atoms with Crippen molar-refractivity contribution in [1.82, 2.24) is 0 Å². The molecule has 1 aliphatic rings. The minimum atomic E-state index is -6.09. The van der Waals surface area contributed by atoms with Crippen LogP contribution in [0.25, 0.3) is 10.1 Å². The highest BCUT2D eigenvalue weighted by atomic mass is 32.2. The SMILES string of the molecule is CCc1ccc2c(c1)cc(C1CCC1)[s+]2C(F)(F)F.O=S(=O)([O-])C(F)(F)F. The van der Waals surface area contributed by atoms with E-state index < -0.39 is 31.6 Å². The van der Waals surface area contributed by atoms with Gasteiger partial charge in [-0.15, -0.1) is 13.2 Å². The summed E-state index contributed by atoms with van der Waals surface area (Å²) >= 11 is 0. The van der Waals surface area contributed by atoms with E-state index in [9.17, 15) is 26.3 Å². The molecule has 1 aromatic heterocycles. The fourth-order valence-corrected chi connectivity index (χ4v) is 4.83. The number of halogens is 6. The quantitative estimate of drug-likeness (QED) is 0.254. The zero-order chi connectivity index (χ0) is 20.6. The van der Waals surface area contributed by atoms with E-state index in [-0.39, 0.29) is 5.92 Å². The molecule has 1 unspecified atom stereocenters. The van der Waals surface area contributed by atoms with Crippen molar-refractivity contribution in [3.05, 3.63) is 34.7 Å². The van der Waals surface area contributed by atoms with Crippen molar-refractivity contribution in [3.63, 3.8) is 0 Å². The Hall–Kier alpha value is -1.33. The van der Waals surface area contributed by atoms with Crippen LogP contribution >= 0.6 is 10.5 Å². The van der Waals surface area contributed by atoms with Gasteiger partial charge in [0, 0.05) is 17.4 Å². The number of alkyl halides is 6. The molecule has 1 fully saturated rings. The van der Waals surface area contributed by atoms with Gasteiger partial charge in [0.25, 0.3) is 0 Å². The molecule has 1 aromatic carbocycles. The molecule has 152 valence electrons. The Morgan fingerprint density at radius 2 is 1.67 bits per heavy atom. The lowest BCUT2D eigenvalue weighted by molar-refractivity contribution is -0.0868. The van der Waals surface area contributed by atoms with Gasteiger partial charge in [0.15, 0.2) is 19.7 Å². The Morgan fingerprint density at radius 1 is 1.11 bits per heavy atom. The van der Waals surface area contributed by atoms with Crippen LogP contribution in [0.15, 0.2) is 24.3 Å². The summed E-state index contributed by atoms with van der Waals surface area (Å²) in [6, 6.07) is 7.26. The van der Waals surface area contributed by atoms with Crippen LogP contribution in [0, 0.1) is 0 Å². The van der Waals surface area contributed by atoms with Gasteiger partial charge in [0.1, 0.15) is 0 Å². The van der Waals surface area contributed by atoms with E-state index in [2.05, 4.69) is 0 Å². The highest BCUT2D eigenvalue weighted by Crippen LogP contribution is 2.56. The van der Waals surface area contributed by atoms with Gasteiger partial charge in [-0.2, -0.15) is 13.2 Å². The molecule has 0 saturated heterocycles. The fraction of sp³-hybridized carbons (Fsp3) is 0.500. The molecular formula is C16H16F6O3S2. The molecule has 11 heteroatoms. The number of benzene rings is 1. The second-order valence-electron chi connectivity index (χ2n) is 6.05. The molecule has 2 aromatic rings. The highest BCUT2D eigenvalue weighted by molar-refractivity contribution is 7.86. The Labute approximate surface area is 154 Å². The maximum absolute atomic E-state index is 13.4. The first-order chi connectivity index (χ1) is 12.3. The number of fused-ring (bicyclic) bond motifs is 1. The van der Waals surface area contributed by atoms with Crippen LogP contribution < -0.4 is 0 Å². The maximum Gasteiger partial charge on any atom is 0.600 e. The van der Waals surface area contributed by atoms with Crippen molar-refractivity contribution in [2.24, 2.45) is 0 Å². The zero-order valence-electron chi connectivity index (χ0n) is 14.0. The van der Waals surface area contributed by atoms with Gasteiger partial charge < -0.3 is 4.55 Å². The summed E-state index contributed by atoms with van der Waals surface area (Å²) in [6.07, 6.45) is 3.76. The number of aryl methyl sites for hydroxylation is 1. The van der Waals surface area contributed by atoms with Crippen molar-refractivity contribution in [3.8, 4) is 0 Å². The summed E-state index contributed by atoms with van der Waals surface area (Å²) in [5, 5.41) is 0.793. The van der Waals surface area contributed by atoms with Gasteiger partial charge in [-0.25, -0.2) is 8.42 Å². The monoisotopic (exact) mass is 434 g/mol. The average molecular weight is 434 g/mol. The summed E-state index contributed by atoms with van der Waals surface area (Å²) in [5.41, 5.74) is -8.68. The smallest absolute Gasteiger partial charge is 0.600 e. The van der Waals surface area contributed by atoms with Gasteiger partial charge in [-0.05, 0) is 37.0 Å². The van der Waals surface area contributed by atoms with Gasteiger partial charge in [-0.3, -0.25) is 0 Å². The second kappa shape index (κ2) is 7.59. The van der Waals surface area contributed by atoms with E-state index in [1.165, 1.54) is 0 Å². The van der Waals surface area contributed by atoms with Crippen molar-refractivity contribution in [1.29, 1.82) is 0 Å². The molecule has 0 N–H and O–H groups in total. The summed E-state index contributed by atoms with van der Waals surface area (Å²) in [4.78, 5) is 0.627. The summed E-state index contributed by atoms with van der Waals surface area (Å²) in [7, 11) is -7.78. The van der Waals surface area contributed by atoms with Crippen LogP contribution in [-0.2, 0) is 22.0 Å². The second-order valence-corrected chi connectivity index (χ2v) is 9.41. The first-order valence-corrected chi connectivity index (χ1v) is 10.6. The van der Waals surface area contributed by atoms with Crippen molar-refractivity contribution >= 4 is 30.7 Å². The first-order valence-electron chi connectivity index (χ1n) is 7.93. The lowest BCUT2D eigenvalue weighted by Crippen LogP contribution is -2.21. The molecule has 3 nitrogen and oxygen atoms in total. The van der Waals surface area contributed by atoms with Crippen molar-refractivity contribution in [2.45, 2.75) is 49.5 Å². The van der Waals surface area contributed by atoms with Crippen LogP contribution in [0.5, 0.6) is 0 Å². The molecule has 1 aliphatic carbocycles. The molecule has 0 radical (unpaired) electrons. The topological polar surface area (TPSA) is 57.2 Å². The van der Waals surface area contributed by atoms with Crippen LogP contribution in [0.3, 0.4) is 0 Å². The third kappa shape index (κ3) is 4.94. The molecule has 3 rings (SSSR count). The minimum Gasteiger partial charge on any atom is -0.741 e. The molecule has 0 amide bonds. The Kier molecular flexibility index (Phi) is 6.18. The largest absolute Gasteiger partial charge is 0.741 e. The minimum absolute atomic E-state index is 0.155. The van der Waals surface area contributed by atoms with Crippen molar-refractivity contribution < 1.29 is 39.3 Å². The first kappa shape index (κ1) is 22.0. The lowest BCUT2D eigenvalue weighted by atomic mass is 9.84. The van der Waals surface area contributed by atoms with E-state index in [4.69, 9.17) is 13.0 Å². The molecule has 1 heterocycles. The predicted molar refractivity (Wildman–Crippen MR) is 89.4 cm³/mol. The molecule has 27 heavy (non-hydrogen) atoms. The third-order valence-electron chi connectivity index (χ3n) is 4.26. The average Bonchev–Trinajstić information content (AvgIpc) is 2.81. The lowest BCUT2D eigenvalue weighted by Gasteiger charge is -2.21. The summed E-state index contributed by atoms with van der Waals surface area (Å²) < 4.78 is 99.5. The number of thiophene rings is 1. The van der Waals surface area contributed by atoms with Crippen LogP contribution in [0.4, 0.5) is 26.3 Å². The van der Waals surface area contributed by atoms with Gasteiger partial charge >= 0.3 is 11.0 Å². The Morgan fingerprint density at radius 3 is 2.04 bits per heavy atom. The van der Waals surface area contributed by atoms with E-state index in [0.717, 1.165) is 36.6 Å². The molecule has 0 spiro atoms. The van der Waals surface area contributed by atoms with Crippen LogP contribution in [0.2, 0.25) is 0 Å². The molecule has 0 aliphatic heterocycles. The fourth-order valence-electron chi connectivity index (χ4n) is 2.69. The van der Waals surface area contributed by atoms with E-state index in [1.807, 2.05) is 25.1 Å². The third-order valence-corrected chi connectivity index (χ3v) is 7.02. The van der Waals surface area contributed by atoms with Crippen LogP contribution in [0.1, 0.15) is 42.5 Å². The summed E-state index contributed by atoms with van der Waals surface area (Å²) in [5.74, 6) is 0.155. The van der Waals surface area contributed by atoms with Crippen molar-refractivity contribution in [2.75, 3.05) is 0 Å². The molecule has 0 bridgehead atoms. The standard InChI is InChI=1S/C15H16F3S.CHF3O3S/c1-2-10-6-7-13-12(8-10)9-14(11-4-3-5-11)19(13)15(16,17)18;2-1(3,4)8(5,6)7/h6-9,11H,2-5H2,1H3;(H,5,6,7)/q+1;/p-1. The van der Waals surface area contributed by atoms with Crippen LogP contribution in [-0.4, -0.2) is 18.5 Å². The van der Waals surface area contributed by atoms with Gasteiger partial charge in [0.05, 0.1) is 10.5 Å². The Bertz CT molecular complexity index is 909. The molecule has 1 saturated carbocycles. The van der Waals surface area contributed by atoms with E-state index >= 15 is 0 Å². The Balaban J connectivity index is 0.000000279. The van der Waals surface area contributed by atoms with E-state index in [0.29, 0.717) is 9.58 Å². The normalized spacial score (nSPS) is 16.7. The summed E-state index contributed by atoms with van der Waals surface area (Å²) in [6.45, 7) is 2.02. The number of rotatable bonds is 2. The number of hydrogen-bond donors (Lipinski definition) is 0. The zero-order valence-corrected chi connectivity index (χ0v) is 15.7. The highest BCUT2D eigenvalue weighted by Gasteiger charge is 2.50. The van der Waals surface area contributed by atoms with E-state index in [1.54, 1.807) is 6.07 Å². The predicted octanol–water partition coefficient (Wildman–Crippen LogP) is 5.95. The van der Waals surface area contributed by atoms with Gasteiger partial charge in [-0.1, -0.05) is 19.4 Å². The number of hydrogen-bond acceptors (Lipinski definition) is 3. The van der Waals surface area contributed by atoms with Gasteiger partial charge in [0.2, 0.25) is 0 Å².